The first kappa shape index (κ1) is 15.5. The van der Waals surface area contributed by atoms with Gasteiger partial charge in [-0.25, -0.2) is 0 Å². The van der Waals surface area contributed by atoms with Gasteiger partial charge in [-0.3, -0.25) is 4.90 Å². The molecule has 0 heterocycles. The van der Waals surface area contributed by atoms with Crippen LogP contribution in [-0.2, 0) is 11.3 Å². The Morgan fingerprint density at radius 3 is 2.67 bits per heavy atom. The van der Waals surface area contributed by atoms with Crippen molar-refractivity contribution in [2.24, 2.45) is 5.92 Å². The number of hydrogen-bond donors (Lipinski definition) is 1. The van der Waals surface area contributed by atoms with Gasteiger partial charge in [0.05, 0.1) is 6.61 Å². The van der Waals surface area contributed by atoms with Gasteiger partial charge in [-0.1, -0.05) is 19.9 Å². The van der Waals surface area contributed by atoms with Crippen molar-refractivity contribution in [2.45, 2.75) is 20.4 Å². The highest BCUT2D eigenvalue weighted by molar-refractivity contribution is 9.10. The number of benzene rings is 1. The average molecular weight is 315 g/mol. The third-order valence-corrected chi connectivity index (χ3v) is 3.42. The number of nitrogens with two attached hydrogens (primary N) is 1. The van der Waals surface area contributed by atoms with E-state index >= 15 is 0 Å². The van der Waals surface area contributed by atoms with Gasteiger partial charge in [0.1, 0.15) is 0 Å². The smallest absolute Gasteiger partial charge is 0.0589 e. The SMILES string of the molecule is COCCN(Cc1ccc(Br)c(N)c1)CC(C)C. The van der Waals surface area contributed by atoms with E-state index < -0.39 is 0 Å². The lowest BCUT2D eigenvalue weighted by Crippen LogP contribution is -2.30. The maximum absolute atomic E-state index is 5.91. The lowest BCUT2D eigenvalue weighted by Gasteiger charge is -2.24. The van der Waals surface area contributed by atoms with Gasteiger partial charge in [0, 0.05) is 36.9 Å². The van der Waals surface area contributed by atoms with Crippen molar-refractivity contribution >= 4 is 21.6 Å². The van der Waals surface area contributed by atoms with E-state index in [4.69, 9.17) is 10.5 Å². The number of rotatable bonds is 7. The molecule has 1 aromatic rings. The fraction of sp³-hybridized carbons (Fsp3) is 0.571. The van der Waals surface area contributed by atoms with Crippen molar-refractivity contribution in [3.8, 4) is 0 Å². The number of nitrogens with zero attached hydrogens (tertiary/aromatic N) is 1. The molecule has 102 valence electrons. The summed E-state index contributed by atoms with van der Waals surface area (Å²) in [6.45, 7) is 8.16. The molecule has 0 atom stereocenters. The summed E-state index contributed by atoms with van der Waals surface area (Å²) in [5.41, 5.74) is 7.95. The molecule has 0 spiro atoms. The standard InChI is InChI=1S/C14H23BrN2O/c1-11(2)9-17(6-7-18-3)10-12-4-5-13(15)14(16)8-12/h4-5,8,11H,6-7,9-10,16H2,1-3H3. The minimum absolute atomic E-state index is 0.648. The molecular formula is C14H23BrN2O. The lowest BCUT2D eigenvalue weighted by molar-refractivity contribution is 0.136. The molecule has 0 aromatic heterocycles. The molecule has 0 saturated heterocycles. The average Bonchev–Trinajstić information content (AvgIpc) is 2.30. The number of methoxy groups -OCH3 is 1. The van der Waals surface area contributed by atoms with E-state index in [1.165, 1.54) is 5.56 Å². The summed E-state index contributed by atoms with van der Waals surface area (Å²) in [4.78, 5) is 2.40. The molecule has 0 aliphatic carbocycles. The summed E-state index contributed by atoms with van der Waals surface area (Å²) in [6.07, 6.45) is 0. The van der Waals surface area contributed by atoms with Gasteiger partial charge in [0.2, 0.25) is 0 Å². The molecule has 2 N–H and O–H groups in total. The second-order valence-corrected chi connectivity index (χ2v) is 5.83. The van der Waals surface area contributed by atoms with E-state index in [1.54, 1.807) is 7.11 Å². The molecule has 1 aromatic carbocycles. The van der Waals surface area contributed by atoms with Crippen LogP contribution in [0.25, 0.3) is 0 Å². The largest absolute Gasteiger partial charge is 0.398 e. The Labute approximate surface area is 118 Å². The van der Waals surface area contributed by atoms with E-state index in [2.05, 4.69) is 40.7 Å². The van der Waals surface area contributed by atoms with E-state index in [9.17, 15) is 0 Å². The molecule has 4 heteroatoms. The Hall–Kier alpha value is -0.580. The van der Waals surface area contributed by atoms with Gasteiger partial charge in [-0.2, -0.15) is 0 Å². The first-order valence-electron chi connectivity index (χ1n) is 6.28. The third kappa shape index (κ3) is 5.38. The van der Waals surface area contributed by atoms with Gasteiger partial charge < -0.3 is 10.5 Å². The van der Waals surface area contributed by atoms with Crippen molar-refractivity contribution in [1.82, 2.24) is 4.90 Å². The van der Waals surface area contributed by atoms with Crippen LogP contribution in [-0.4, -0.2) is 31.7 Å². The molecule has 0 fully saturated rings. The summed E-state index contributed by atoms with van der Waals surface area (Å²) in [5, 5.41) is 0. The van der Waals surface area contributed by atoms with Gasteiger partial charge in [0.15, 0.2) is 0 Å². The van der Waals surface area contributed by atoms with Gasteiger partial charge >= 0.3 is 0 Å². The molecule has 0 unspecified atom stereocenters. The highest BCUT2D eigenvalue weighted by Gasteiger charge is 2.09. The predicted octanol–water partition coefficient (Wildman–Crippen LogP) is 3.14. The molecule has 0 aliphatic heterocycles. The molecule has 0 saturated carbocycles. The number of nitrogen functional groups attached to an aromatic ring is 1. The van der Waals surface area contributed by atoms with Crippen molar-refractivity contribution in [3.63, 3.8) is 0 Å². The molecule has 18 heavy (non-hydrogen) atoms. The minimum atomic E-state index is 0.648. The zero-order chi connectivity index (χ0) is 13.5. The van der Waals surface area contributed by atoms with Crippen LogP contribution in [0.1, 0.15) is 19.4 Å². The van der Waals surface area contributed by atoms with Crippen molar-refractivity contribution < 1.29 is 4.74 Å². The van der Waals surface area contributed by atoms with Crippen LogP contribution in [0, 0.1) is 5.92 Å². The molecule has 0 aliphatic rings. The van der Waals surface area contributed by atoms with Crippen molar-refractivity contribution in [1.29, 1.82) is 0 Å². The summed E-state index contributed by atoms with van der Waals surface area (Å²) in [6, 6.07) is 6.15. The normalized spacial score (nSPS) is 11.4. The molecule has 0 bridgehead atoms. The highest BCUT2D eigenvalue weighted by Crippen LogP contribution is 2.21. The van der Waals surface area contributed by atoms with E-state index in [0.29, 0.717) is 5.92 Å². The summed E-state index contributed by atoms with van der Waals surface area (Å²) < 4.78 is 6.12. The zero-order valence-corrected chi connectivity index (χ0v) is 13.0. The van der Waals surface area contributed by atoms with Gasteiger partial charge in [-0.15, -0.1) is 0 Å². The lowest BCUT2D eigenvalue weighted by atomic mass is 10.1. The van der Waals surface area contributed by atoms with Gasteiger partial charge in [-0.05, 0) is 39.5 Å². The number of anilines is 1. The molecule has 3 nitrogen and oxygen atoms in total. The van der Waals surface area contributed by atoms with Crippen molar-refractivity contribution in [2.75, 3.05) is 32.5 Å². The summed E-state index contributed by atoms with van der Waals surface area (Å²) in [7, 11) is 1.74. The fourth-order valence-corrected chi connectivity index (χ4v) is 2.17. The second-order valence-electron chi connectivity index (χ2n) is 4.98. The predicted molar refractivity (Wildman–Crippen MR) is 80.5 cm³/mol. The van der Waals surface area contributed by atoms with E-state index in [-0.39, 0.29) is 0 Å². The van der Waals surface area contributed by atoms with Crippen LogP contribution in [0.4, 0.5) is 5.69 Å². The van der Waals surface area contributed by atoms with Crippen LogP contribution in [0.2, 0.25) is 0 Å². The highest BCUT2D eigenvalue weighted by atomic mass is 79.9. The van der Waals surface area contributed by atoms with Crippen LogP contribution >= 0.6 is 15.9 Å². The molecule has 0 radical (unpaired) electrons. The van der Waals surface area contributed by atoms with Crippen LogP contribution in [0.3, 0.4) is 0 Å². The van der Waals surface area contributed by atoms with E-state index in [1.807, 2.05) is 12.1 Å². The molecule has 0 amide bonds. The fourth-order valence-electron chi connectivity index (χ4n) is 1.92. The Kier molecular flexibility index (Phi) is 6.68. The first-order valence-corrected chi connectivity index (χ1v) is 7.07. The minimum Gasteiger partial charge on any atom is -0.398 e. The Balaban J connectivity index is 2.65. The van der Waals surface area contributed by atoms with E-state index in [0.717, 1.165) is 36.4 Å². The van der Waals surface area contributed by atoms with Crippen molar-refractivity contribution in [3.05, 3.63) is 28.2 Å². The number of hydrogen-bond acceptors (Lipinski definition) is 3. The number of halogens is 1. The summed E-state index contributed by atoms with van der Waals surface area (Å²) >= 11 is 3.42. The monoisotopic (exact) mass is 314 g/mol. The Bertz CT molecular complexity index is 369. The summed E-state index contributed by atoms with van der Waals surface area (Å²) in [5.74, 6) is 0.648. The van der Waals surface area contributed by atoms with Crippen LogP contribution < -0.4 is 5.73 Å². The Morgan fingerprint density at radius 2 is 2.11 bits per heavy atom. The topological polar surface area (TPSA) is 38.5 Å². The quantitative estimate of drug-likeness (QED) is 0.786. The second kappa shape index (κ2) is 7.77. The molecular weight excluding hydrogens is 292 g/mol. The zero-order valence-electron chi connectivity index (χ0n) is 11.4. The maximum Gasteiger partial charge on any atom is 0.0589 e. The number of ether oxygens (including phenoxy) is 1. The van der Waals surface area contributed by atoms with Crippen LogP contribution in [0.15, 0.2) is 22.7 Å². The third-order valence-electron chi connectivity index (χ3n) is 2.70. The maximum atomic E-state index is 5.91. The van der Waals surface area contributed by atoms with Gasteiger partial charge in [0.25, 0.3) is 0 Å². The Morgan fingerprint density at radius 1 is 1.39 bits per heavy atom. The molecule has 1 rings (SSSR count). The first-order chi connectivity index (χ1) is 8.52. The van der Waals surface area contributed by atoms with Crippen LogP contribution in [0.5, 0.6) is 0 Å².